The third-order valence-corrected chi connectivity index (χ3v) is 4.88. The van der Waals surface area contributed by atoms with Gasteiger partial charge >= 0.3 is 0 Å². The smallest absolute Gasteiger partial charge is 0.160 e. The molecule has 0 bridgehead atoms. The zero-order chi connectivity index (χ0) is 17.8. The number of fused-ring (bicyclic) bond motifs is 1. The Morgan fingerprint density at radius 1 is 1.04 bits per heavy atom. The van der Waals surface area contributed by atoms with E-state index in [9.17, 15) is 13.2 Å². The van der Waals surface area contributed by atoms with Crippen molar-refractivity contribution in [3.63, 3.8) is 0 Å². The van der Waals surface area contributed by atoms with Crippen LogP contribution in [0, 0.1) is 35.2 Å². The normalized spacial score (nSPS) is 16.1. The lowest BCUT2D eigenvalue weighted by atomic mass is 9.80. The monoisotopic (exact) mass is 342 g/mol. The second kappa shape index (κ2) is 7.78. The maximum atomic E-state index is 14.7. The topological polar surface area (TPSA) is 0 Å². The van der Waals surface area contributed by atoms with Crippen LogP contribution < -0.4 is 0 Å². The number of unbranched alkanes of at least 4 members (excludes halogenated alkanes) is 1. The van der Waals surface area contributed by atoms with Crippen molar-refractivity contribution in [3.05, 3.63) is 70.0 Å². The number of hydrogen-bond acceptors (Lipinski definition) is 0. The second-order valence-corrected chi connectivity index (χ2v) is 6.69. The van der Waals surface area contributed by atoms with Gasteiger partial charge in [0.1, 0.15) is 5.82 Å². The zero-order valence-electron chi connectivity index (χ0n) is 14.3. The Morgan fingerprint density at radius 3 is 2.64 bits per heavy atom. The second-order valence-electron chi connectivity index (χ2n) is 6.69. The van der Waals surface area contributed by atoms with Crippen LogP contribution in [0.25, 0.3) is 0 Å². The minimum atomic E-state index is -0.948. The minimum Gasteiger partial charge on any atom is -0.205 e. The number of halogens is 3. The zero-order valence-corrected chi connectivity index (χ0v) is 14.3. The average molecular weight is 342 g/mol. The summed E-state index contributed by atoms with van der Waals surface area (Å²) in [7, 11) is 0. The fourth-order valence-electron chi connectivity index (χ4n) is 3.43. The summed E-state index contributed by atoms with van der Waals surface area (Å²) in [5.74, 6) is 3.99. The van der Waals surface area contributed by atoms with Crippen molar-refractivity contribution in [2.24, 2.45) is 5.92 Å². The summed E-state index contributed by atoms with van der Waals surface area (Å²) in [5, 5.41) is 0. The summed E-state index contributed by atoms with van der Waals surface area (Å²) in [6, 6.07) is 7.10. The minimum absolute atomic E-state index is 0.262. The van der Waals surface area contributed by atoms with Gasteiger partial charge in [-0.05, 0) is 60.6 Å². The third kappa shape index (κ3) is 4.07. The molecule has 1 aliphatic rings. The highest BCUT2D eigenvalue weighted by Gasteiger charge is 2.22. The van der Waals surface area contributed by atoms with Crippen LogP contribution in [0.15, 0.2) is 30.3 Å². The van der Waals surface area contributed by atoms with Gasteiger partial charge in [0.15, 0.2) is 11.6 Å². The Kier molecular flexibility index (Phi) is 5.48. The maximum absolute atomic E-state index is 14.7. The Bertz CT molecular complexity index is 827. The van der Waals surface area contributed by atoms with E-state index in [2.05, 4.69) is 18.8 Å². The molecule has 1 aliphatic carbocycles. The van der Waals surface area contributed by atoms with Crippen molar-refractivity contribution < 1.29 is 13.2 Å². The van der Waals surface area contributed by atoms with Crippen molar-refractivity contribution in [2.45, 2.75) is 45.4 Å². The molecule has 2 aromatic carbocycles. The lowest BCUT2D eigenvalue weighted by Crippen LogP contribution is -2.16. The fourth-order valence-corrected chi connectivity index (χ4v) is 3.43. The molecule has 0 saturated heterocycles. The van der Waals surface area contributed by atoms with Crippen molar-refractivity contribution in [1.29, 1.82) is 0 Å². The van der Waals surface area contributed by atoms with E-state index in [4.69, 9.17) is 0 Å². The standard InChI is InChI=1S/C22H21F3/c1-2-3-4-15-6-11-19-18(13-15)10-9-17(22(19)25)8-5-16-7-12-20(23)21(24)14-16/h7,9-10,12,14-15H,2-4,6,11,13H2,1H3. The predicted octanol–water partition coefficient (Wildman–Crippen LogP) is 5.80. The van der Waals surface area contributed by atoms with E-state index >= 15 is 0 Å². The van der Waals surface area contributed by atoms with E-state index in [0.717, 1.165) is 42.5 Å². The van der Waals surface area contributed by atoms with Gasteiger partial charge in [-0.25, -0.2) is 13.2 Å². The number of hydrogen-bond donors (Lipinski definition) is 0. The van der Waals surface area contributed by atoms with Gasteiger partial charge in [-0.3, -0.25) is 0 Å². The molecule has 1 atom stereocenters. The predicted molar refractivity (Wildman–Crippen MR) is 93.8 cm³/mol. The molecule has 25 heavy (non-hydrogen) atoms. The Hall–Kier alpha value is -2.21. The molecule has 3 heteroatoms. The van der Waals surface area contributed by atoms with E-state index in [1.54, 1.807) is 6.07 Å². The first-order chi connectivity index (χ1) is 12.1. The molecule has 1 unspecified atom stereocenters. The molecule has 0 fully saturated rings. The molecule has 2 aromatic rings. The summed E-state index contributed by atoms with van der Waals surface area (Å²) in [4.78, 5) is 0. The number of rotatable bonds is 3. The largest absolute Gasteiger partial charge is 0.205 e. The van der Waals surface area contributed by atoms with Crippen molar-refractivity contribution in [2.75, 3.05) is 0 Å². The molecule has 0 spiro atoms. The SMILES string of the molecule is CCCCC1CCc2c(ccc(C#Cc3ccc(F)c(F)c3)c2F)C1. The van der Waals surface area contributed by atoms with Crippen LogP contribution in [0.2, 0.25) is 0 Å². The summed E-state index contributed by atoms with van der Waals surface area (Å²) in [6.45, 7) is 2.19. The summed E-state index contributed by atoms with van der Waals surface area (Å²) >= 11 is 0. The van der Waals surface area contributed by atoms with Gasteiger partial charge in [-0.15, -0.1) is 0 Å². The first kappa shape index (κ1) is 17.6. The van der Waals surface area contributed by atoms with Crippen molar-refractivity contribution >= 4 is 0 Å². The first-order valence-corrected chi connectivity index (χ1v) is 8.85. The van der Waals surface area contributed by atoms with Crippen molar-refractivity contribution in [1.82, 2.24) is 0 Å². The van der Waals surface area contributed by atoms with Crippen LogP contribution in [0.4, 0.5) is 13.2 Å². The van der Waals surface area contributed by atoms with Crippen LogP contribution in [-0.2, 0) is 12.8 Å². The van der Waals surface area contributed by atoms with Crippen LogP contribution in [0.5, 0.6) is 0 Å². The molecule has 0 saturated carbocycles. The Morgan fingerprint density at radius 2 is 1.88 bits per heavy atom. The Balaban J connectivity index is 1.81. The summed E-state index contributed by atoms with van der Waals surface area (Å²) in [5.41, 5.74) is 2.50. The summed E-state index contributed by atoms with van der Waals surface area (Å²) in [6.07, 6.45) is 6.31. The van der Waals surface area contributed by atoms with E-state index < -0.39 is 11.6 Å². The lowest BCUT2D eigenvalue weighted by Gasteiger charge is -2.25. The molecule has 3 rings (SSSR count). The van der Waals surface area contributed by atoms with Gasteiger partial charge in [0, 0.05) is 5.56 Å². The average Bonchev–Trinajstić information content (AvgIpc) is 2.62. The fraction of sp³-hybridized carbons (Fsp3) is 0.364. The van der Waals surface area contributed by atoms with Crippen molar-refractivity contribution in [3.8, 4) is 11.8 Å². The molecule has 0 nitrogen and oxygen atoms in total. The third-order valence-electron chi connectivity index (χ3n) is 4.88. The molecule has 0 radical (unpaired) electrons. The molecule has 0 heterocycles. The van der Waals surface area contributed by atoms with E-state index in [1.165, 1.54) is 25.3 Å². The van der Waals surface area contributed by atoms with Gasteiger partial charge in [-0.2, -0.15) is 0 Å². The van der Waals surface area contributed by atoms with E-state index in [-0.39, 0.29) is 5.82 Å². The van der Waals surface area contributed by atoms with Crippen LogP contribution in [-0.4, -0.2) is 0 Å². The molecule has 0 aromatic heterocycles. The molecule has 0 N–H and O–H groups in total. The molecular formula is C22H21F3. The van der Waals surface area contributed by atoms with E-state index in [1.807, 2.05) is 6.07 Å². The Labute approximate surface area is 147 Å². The molecular weight excluding hydrogens is 321 g/mol. The molecule has 0 amide bonds. The van der Waals surface area contributed by atoms with Gasteiger partial charge in [0.05, 0.1) is 5.56 Å². The van der Waals surface area contributed by atoms with E-state index in [0.29, 0.717) is 17.0 Å². The highest BCUT2D eigenvalue weighted by Crippen LogP contribution is 2.31. The lowest BCUT2D eigenvalue weighted by molar-refractivity contribution is 0.405. The van der Waals surface area contributed by atoms with Crippen LogP contribution in [0.3, 0.4) is 0 Å². The van der Waals surface area contributed by atoms with Gasteiger partial charge in [0.2, 0.25) is 0 Å². The highest BCUT2D eigenvalue weighted by molar-refractivity contribution is 5.47. The van der Waals surface area contributed by atoms with Gasteiger partial charge in [0.25, 0.3) is 0 Å². The van der Waals surface area contributed by atoms with Crippen LogP contribution >= 0.6 is 0 Å². The number of benzene rings is 2. The first-order valence-electron chi connectivity index (χ1n) is 8.85. The molecule has 130 valence electrons. The van der Waals surface area contributed by atoms with Gasteiger partial charge in [-0.1, -0.05) is 44.1 Å². The summed E-state index contributed by atoms with van der Waals surface area (Å²) < 4.78 is 40.9. The van der Waals surface area contributed by atoms with Crippen LogP contribution in [0.1, 0.15) is 54.9 Å². The van der Waals surface area contributed by atoms with Gasteiger partial charge < -0.3 is 0 Å². The highest BCUT2D eigenvalue weighted by atomic mass is 19.2. The molecule has 0 aliphatic heterocycles. The maximum Gasteiger partial charge on any atom is 0.160 e. The quantitative estimate of drug-likeness (QED) is 0.619.